The average molecular weight is 389 g/mol. The SMILES string of the molecule is CC(C)(c1nccs1)n1c(CCl)nc2cc(Br)c(F)cc21. The Kier molecular flexibility index (Phi) is 3.80. The van der Waals surface area contributed by atoms with Crippen molar-refractivity contribution < 1.29 is 4.39 Å². The molecule has 0 saturated carbocycles. The Morgan fingerprint density at radius 3 is 2.81 bits per heavy atom. The second-order valence-electron chi connectivity index (χ2n) is 5.15. The van der Waals surface area contributed by atoms with Gasteiger partial charge in [-0.3, -0.25) is 0 Å². The van der Waals surface area contributed by atoms with E-state index in [1.807, 2.05) is 23.8 Å². The molecule has 21 heavy (non-hydrogen) atoms. The Hall–Kier alpha value is -0.980. The molecule has 2 aromatic heterocycles. The summed E-state index contributed by atoms with van der Waals surface area (Å²) in [5.41, 5.74) is 0.975. The molecule has 0 aliphatic rings. The zero-order valence-corrected chi connectivity index (χ0v) is 14.6. The zero-order valence-electron chi connectivity index (χ0n) is 11.4. The first-order valence-corrected chi connectivity index (χ1v) is 8.48. The second-order valence-corrected chi connectivity index (χ2v) is 7.16. The zero-order chi connectivity index (χ0) is 15.2. The fourth-order valence-electron chi connectivity index (χ4n) is 2.46. The minimum Gasteiger partial charge on any atom is -0.315 e. The number of halogens is 3. The molecule has 0 radical (unpaired) electrons. The Balaban J connectivity index is 2.33. The molecule has 3 rings (SSSR count). The fraction of sp³-hybridized carbons (Fsp3) is 0.286. The first-order chi connectivity index (χ1) is 9.95. The van der Waals surface area contributed by atoms with Gasteiger partial charge in [-0.05, 0) is 35.8 Å². The monoisotopic (exact) mass is 387 g/mol. The van der Waals surface area contributed by atoms with Crippen LogP contribution in [-0.2, 0) is 11.4 Å². The van der Waals surface area contributed by atoms with Crippen LogP contribution in [0, 0.1) is 5.82 Å². The summed E-state index contributed by atoms with van der Waals surface area (Å²) in [6, 6.07) is 3.16. The highest BCUT2D eigenvalue weighted by Gasteiger charge is 2.30. The third kappa shape index (κ3) is 2.39. The van der Waals surface area contributed by atoms with Gasteiger partial charge in [0.1, 0.15) is 16.6 Å². The maximum Gasteiger partial charge on any atom is 0.139 e. The van der Waals surface area contributed by atoms with E-state index < -0.39 is 5.54 Å². The lowest BCUT2D eigenvalue weighted by Gasteiger charge is -2.27. The Bertz CT molecular complexity index is 798. The molecule has 7 heteroatoms. The minimum absolute atomic E-state index is 0.253. The molecule has 0 saturated heterocycles. The van der Waals surface area contributed by atoms with Crippen LogP contribution >= 0.6 is 38.9 Å². The number of nitrogens with zero attached hydrogens (tertiary/aromatic N) is 3. The van der Waals surface area contributed by atoms with E-state index in [1.54, 1.807) is 23.6 Å². The highest BCUT2D eigenvalue weighted by atomic mass is 79.9. The van der Waals surface area contributed by atoms with Gasteiger partial charge >= 0.3 is 0 Å². The molecule has 2 heterocycles. The van der Waals surface area contributed by atoms with Crippen LogP contribution in [0.25, 0.3) is 11.0 Å². The predicted molar refractivity (Wildman–Crippen MR) is 87.5 cm³/mol. The molecule has 1 aromatic carbocycles. The van der Waals surface area contributed by atoms with Crippen molar-refractivity contribution in [1.82, 2.24) is 14.5 Å². The van der Waals surface area contributed by atoms with Crippen molar-refractivity contribution in [2.24, 2.45) is 0 Å². The van der Waals surface area contributed by atoms with E-state index >= 15 is 0 Å². The van der Waals surface area contributed by atoms with Crippen molar-refractivity contribution >= 4 is 49.9 Å². The number of fused-ring (bicyclic) bond motifs is 1. The number of thiazole rings is 1. The van der Waals surface area contributed by atoms with Gasteiger partial charge in [0.2, 0.25) is 0 Å². The molecule has 0 aliphatic carbocycles. The summed E-state index contributed by atoms with van der Waals surface area (Å²) in [5, 5.41) is 2.85. The van der Waals surface area contributed by atoms with Crippen LogP contribution in [0.5, 0.6) is 0 Å². The van der Waals surface area contributed by atoms with Gasteiger partial charge in [0.15, 0.2) is 0 Å². The number of imidazole rings is 1. The van der Waals surface area contributed by atoms with Crippen molar-refractivity contribution in [2.45, 2.75) is 25.3 Å². The summed E-state index contributed by atoms with van der Waals surface area (Å²) in [4.78, 5) is 8.91. The third-order valence-corrected chi connectivity index (χ3v) is 5.33. The van der Waals surface area contributed by atoms with Crippen LogP contribution in [0.15, 0.2) is 28.2 Å². The van der Waals surface area contributed by atoms with E-state index in [1.165, 1.54) is 6.07 Å². The van der Waals surface area contributed by atoms with Gasteiger partial charge in [-0.15, -0.1) is 22.9 Å². The maximum absolute atomic E-state index is 13.9. The Morgan fingerprint density at radius 2 is 2.19 bits per heavy atom. The van der Waals surface area contributed by atoms with Gasteiger partial charge in [-0.1, -0.05) is 0 Å². The molecule has 0 fully saturated rings. The highest BCUT2D eigenvalue weighted by molar-refractivity contribution is 9.10. The summed E-state index contributed by atoms with van der Waals surface area (Å²) in [5.74, 6) is 0.631. The number of hydrogen-bond donors (Lipinski definition) is 0. The van der Waals surface area contributed by atoms with Crippen molar-refractivity contribution in [3.63, 3.8) is 0 Å². The molecule has 0 amide bonds. The van der Waals surface area contributed by atoms with Crippen LogP contribution in [0.2, 0.25) is 0 Å². The van der Waals surface area contributed by atoms with Crippen LogP contribution < -0.4 is 0 Å². The van der Waals surface area contributed by atoms with Crippen molar-refractivity contribution in [3.05, 3.63) is 44.8 Å². The smallest absolute Gasteiger partial charge is 0.139 e. The molecule has 3 nitrogen and oxygen atoms in total. The molecule has 0 N–H and O–H groups in total. The summed E-state index contributed by atoms with van der Waals surface area (Å²) in [6.07, 6.45) is 1.76. The van der Waals surface area contributed by atoms with Gasteiger partial charge in [0.25, 0.3) is 0 Å². The summed E-state index contributed by atoms with van der Waals surface area (Å²) < 4.78 is 16.3. The van der Waals surface area contributed by atoms with E-state index in [0.29, 0.717) is 21.3 Å². The van der Waals surface area contributed by atoms with E-state index in [9.17, 15) is 4.39 Å². The van der Waals surface area contributed by atoms with Gasteiger partial charge in [-0.2, -0.15) is 0 Å². The van der Waals surface area contributed by atoms with Crippen LogP contribution in [0.3, 0.4) is 0 Å². The molecule has 3 aromatic rings. The Labute approximate surface area is 138 Å². The lowest BCUT2D eigenvalue weighted by atomic mass is 10.1. The fourth-order valence-corrected chi connectivity index (χ4v) is 3.72. The molecule has 0 atom stereocenters. The highest BCUT2D eigenvalue weighted by Crippen LogP contribution is 2.34. The summed E-state index contributed by atoms with van der Waals surface area (Å²) in [7, 11) is 0. The third-order valence-electron chi connectivity index (χ3n) is 3.40. The number of alkyl halides is 1. The first kappa shape index (κ1) is 14.9. The molecular weight excluding hydrogens is 377 g/mol. The van der Waals surface area contributed by atoms with E-state index in [2.05, 4.69) is 25.9 Å². The molecular formula is C14H12BrClFN3S. The van der Waals surface area contributed by atoms with Crippen LogP contribution in [0.4, 0.5) is 4.39 Å². The Morgan fingerprint density at radius 1 is 1.43 bits per heavy atom. The number of aromatic nitrogens is 3. The van der Waals surface area contributed by atoms with Crippen molar-refractivity contribution in [1.29, 1.82) is 0 Å². The molecule has 0 spiro atoms. The van der Waals surface area contributed by atoms with Crippen molar-refractivity contribution in [3.8, 4) is 0 Å². The largest absolute Gasteiger partial charge is 0.315 e. The number of hydrogen-bond acceptors (Lipinski definition) is 3. The van der Waals surface area contributed by atoms with E-state index in [-0.39, 0.29) is 11.7 Å². The number of rotatable bonds is 3. The average Bonchev–Trinajstić information content (AvgIpc) is 3.06. The quantitative estimate of drug-likeness (QED) is 0.596. The normalized spacial score (nSPS) is 12.2. The summed E-state index contributed by atoms with van der Waals surface area (Å²) in [6.45, 7) is 4.06. The molecule has 110 valence electrons. The minimum atomic E-state index is -0.451. The lowest BCUT2D eigenvalue weighted by Crippen LogP contribution is -2.29. The predicted octanol–water partition coefficient (Wildman–Crippen LogP) is 4.92. The lowest BCUT2D eigenvalue weighted by molar-refractivity contribution is 0.434. The molecule has 0 bridgehead atoms. The van der Waals surface area contributed by atoms with Crippen LogP contribution in [0.1, 0.15) is 24.7 Å². The number of benzene rings is 1. The van der Waals surface area contributed by atoms with Gasteiger partial charge in [-0.25, -0.2) is 14.4 Å². The van der Waals surface area contributed by atoms with E-state index in [4.69, 9.17) is 11.6 Å². The summed E-state index contributed by atoms with van der Waals surface area (Å²) >= 11 is 10.8. The standard InChI is InChI=1S/C14H12BrClFN3S/c1-14(2,13-18-3-4-21-13)20-11-6-9(17)8(15)5-10(11)19-12(20)7-16/h3-6H,7H2,1-2H3. The van der Waals surface area contributed by atoms with Crippen molar-refractivity contribution in [2.75, 3.05) is 0 Å². The first-order valence-electron chi connectivity index (χ1n) is 6.28. The maximum atomic E-state index is 13.9. The van der Waals surface area contributed by atoms with Gasteiger partial charge < -0.3 is 4.57 Å². The second kappa shape index (κ2) is 5.34. The molecule has 0 aliphatic heterocycles. The van der Waals surface area contributed by atoms with Crippen LogP contribution in [-0.4, -0.2) is 14.5 Å². The van der Waals surface area contributed by atoms with Gasteiger partial charge in [0.05, 0.1) is 26.9 Å². The van der Waals surface area contributed by atoms with Gasteiger partial charge in [0, 0.05) is 17.6 Å². The van der Waals surface area contributed by atoms with E-state index in [0.717, 1.165) is 5.01 Å². The molecule has 0 unspecified atom stereocenters. The topological polar surface area (TPSA) is 30.7 Å².